The normalized spacial score (nSPS) is 20.0. The number of hydrogen-bond donors (Lipinski definition) is 1. The molecule has 2 nitrogen and oxygen atoms in total. The summed E-state index contributed by atoms with van der Waals surface area (Å²) >= 11 is 11.5. The van der Waals surface area contributed by atoms with Gasteiger partial charge < -0.3 is 10.2 Å². The average Bonchev–Trinajstić information content (AvgIpc) is 2.78. The molecule has 0 radical (unpaired) electrons. The minimum Gasteiger partial charge on any atom is -0.359 e. The van der Waals surface area contributed by atoms with Crippen LogP contribution in [0.1, 0.15) is 42.7 Å². The van der Waals surface area contributed by atoms with Crippen LogP contribution in [0.2, 0.25) is 5.02 Å². The van der Waals surface area contributed by atoms with Crippen LogP contribution in [0.15, 0.2) is 30.9 Å². The van der Waals surface area contributed by atoms with Crippen LogP contribution >= 0.6 is 23.8 Å². The van der Waals surface area contributed by atoms with Gasteiger partial charge in [-0.1, -0.05) is 30.7 Å². The highest BCUT2D eigenvalue weighted by atomic mass is 35.5. The van der Waals surface area contributed by atoms with E-state index in [1.807, 2.05) is 19.2 Å². The van der Waals surface area contributed by atoms with E-state index < -0.39 is 0 Å². The maximum absolute atomic E-state index is 6.16. The third kappa shape index (κ3) is 3.98. The Morgan fingerprint density at radius 2 is 2.29 bits per heavy atom. The molecule has 114 valence electrons. The standard InChI is InChI=1S/C17H23ClN2S/c1-4-8-19-17(21)20(3)9-7-13-10-12(2)15-6-5-14(18)11-16(13)15/h4-6,11-13H,1,7-10H2,2-3H3,(H,19,21)/t12-,13-/m1/s1. The molecule has 21 heavy (non-hydrogen) atoms. The number of rotatable bonds is 5. The number of nitrogens with zero attached hydrogens (tertiary/aromatic N) is 1. The van der Waals surface area contributed by atoms with Gasteiger partial charge in [-0.2, -0.15) is 0 Å². The van der Waals surface area contributed by atoms with E-state index in [9.17, 15) is 0 Å². The molecule has 1 aliphatic rings. The molecule has 0 spiro atoms. The van der Waals surface area contributed by atoms with Crippen LogP contribution in [0.25, 0.3) is 0 Å². The smallest absolute Gasteiger partial charge is 0.168 e. The molecular weight excluding hydrogens is 300 g/mol. The van der Waals surface area contributed by atoms with Crippen molar-refractivity contribution in [3.63, 3.8) is 0 Å². The highest BCUT2D eigenvalue weighted by Crippen LogP contribution is 2.44. The second-order valence-electron chi connectivity index (χ2n) is 5.79. The van der Waals surface area contributed by atoms with Crippen molar-refractivity contribution in [3.8, 4) is 0 Å². The first-order chi connectivity index (χ1) is 10.0. The lowest BCUT2D eigenvalue weighted by molar-refractivity contribution is 0.442. The summed E-state index contributed by atoms with van der Waals surface area (Å²) in [5, 5.41) is 4.78. The SMILES string of the molecule is C=CCNC(=S)N(C)CC[C@@H]1C[C@@H](C)c2ccc(Cl)cc21. The first kappa shape index (κ1) is 16.3. The maximum Gasteiger partial charge on any atom is 0.168 e. The Kier molecular flexibility index (Phi) is 5.65. The lowest BCUT2D eigenvalue weighted by atomic mass is 9.97. The molecule has 0 aliphatic heterocycles. The van der Waals surface area contributed by atoms with E-state index in [1.165, 1.54) is 17.5 Å². The Morgan fingerprint density at radius 1 is 1.52 bits per heavy atom. The van der Waals surface area contributed by atoms with Crippen molar-refractivity contribution in [2.75, 3.05) is 20.1 Å². The van der Waals surface area contributed by atoms with Gasteiger partial charge in [0.05, 0.1) is 0 Å². The molecule has 0 aromatic heterocycles. The quantitative estimate of drug-likeness (QED) is 0.642. The van der Waals surface area contributed by atoms with Crippen LogP contribution in [0.4, 0.5) is 0 Å². The molecular formula is C17H23ClN2S. The van der Waals surface area contributed by atoms with Gasteiger partial charge in [-0.3, -0.25) is 0 Å². The Morgan fingerprint density at radius 3 is 3.00 bits per heavy atom. The van der Waals surface area contributed by atoms with E-state index in [1.54, 1.807) is 0 Å². The highest BCUT2D eigenvalue weighted by Gasteiger charge is 2.28. The Bertz CT molecular complexity index is 530. The molecule has 1 aromatic carbocycles. The largest absolute Gasteiger partial charge is 0.359 e. The number of thiocarbonyl (C=S) groups is 1. The van der Waals surface area contributed by atoms with Crippen LogP contribution in [0, 0.1) is 0 Å². The average molecular weight is 323 g/mol. The van der Waals surface area contributed by atoms with Crippen molar-refractivity contribution in [2.45, 2.75) is 31.6 Å². The number of hydrogen-bond acceptors (Lipinski definition) is 1. The second-order valence-corrected chi connectivity index (χ2v) is 6.62. The summed E-state index contributed by atoms with van der Waals surface area (Å²) in [5.74, 6) is 1.21. The number of nitrogens with one attached hydrogen (secondary N) is 1. The van der Waals surface area contributed by atoms with Crippen LogP contribution in [0.3, 0.4) is 0 Å². The molecule has 2 rings (SSSR count). The number of benzene rings is 1. The van der Waals surface area contributed by atoms with E-state index in [0.29, 0.717) is 18.4 Å². The summed E-state index contributed by atoms with van der Waals surface area (Å²) in [6, 6.07) is 6.32. The lowest BCUT2D eigenvalue weighted by Gasteiger charge is -2.22. The van der Waals surface area contributed by atoms with Gasteiger partial charge in [0.25, 0.3) is 0 Å². The molecule has 0 unspecified atom stereocenters. The molecule has 0 fully saturated rings. The zero-order valence-corrected chi connectivity index (χ0v) is 14.3. The van der Waals surface area contributed by atoms with Gasteiger partial charge in [-0.05, 0) is 60.2 Å². The fourth-order valence-corrected chi connectivity index (χ4v) is 3.40. The molecule has 1 aromatic rings. The first-order valence-corrected chi connectivity index (χ1v) is 8.20. The second kappa shape index (κ2) is 7.28. The van der Waals surface area contributed by atoms with Crippen LogP contribution < -0.4 is 5.32 Å². The molecule has 0 amide bonds. The van der Waals surface area contributed by atoms with Crippen molar-refractivity contribution in [1.29, 1.82) is 0 Å². The van der Waals surface area contributed by atoms with E-state index >= 15 is 0 Å². The van der Waals surface area contributed by atoms with Gasteiger partial charge in [0, 0.05) is 25.2 Å². The predicted molar refractivity (Wildman–Crippen MR) is 95.3 cm³/mol. The van der Waals surface area contributed by atoms with Gasteiger partial charge in [-0.15, -0.1) is 6.58 Å². The third-order valence-corrected chi connectivity index (χ3v) is 4.91. The molecule has 0 bridgehead atoms. The Balaban J connectivity index is 1.95. The summed E-state index contributed by atoms with van der Waals surface area (Å²) in [6.45, 7) is 7.65. The topological polar surface area (TPSA) is 15.3 Å². The summed E-state index contributed by atoms with van der Waals surface area (Å²) in [4.78, 5) is 2.10. The highest BCUT2D eigenvalue weighted by molar-refractivity contribution is 7.80. The van der Waals surface area contributed by atoms with Gasteiger partial charge in [0.15, 0.2) is 5.11 Å². The van der Waals surface area contributed by atoms with Crippen molar-refractivity contribution in [1.82, 2.24) is 10.2 Å². The van der Waals surface area contributed by atoms with Crippen molar-refractivity contribution in [3.05, 3.63) is 47.0 Å². The van der Waals surface area contributed by atoms with Crippen LogP contribution in [0.5, 0.6) is 0 Å². The Labute approximate surface area is 138 Å². The maximum atomic E-state index is 6.16. The molecule has 4 heteroatoms. The van der Waals surface area contributed by atoms with Crippen LogP contribution in [-0.2, 0) is 0 Å². The third-order valence-electron chi connectivity index (χ3n) is 4.21. The minimum atomic E-state index is 0.582. The summed E-state index contributed by atoms with van der Waals surface area (Å²) in [7, 11) is 2.04. The zero-order valence-electron chi connectivity index (χ0n) is 12.7. The van der Waals surface area contributed by atoms with E-state index in [4.69, 9.17) is 23.8 Å². The fraction of sp³-hybridized carbons (Fsp3) is 0.471. The molecule has 1 N–H and O–H groups in total. The number of halogens is 1. The van der Waals surface area contributed by atoms with Gasteiger partial charge in [0.2, 0.25) is 0 Å². The molecule has 2 atom stereocenters. The lowest BCUT2D eigenvalue weighted by Crippen LogP contribution is -2.37. The molecule has 1 aliphatic carbocycles. The summed E-state index contributed by atoms with van der Waals surface area (Å²) in [5.41, 5.74) is 2.88. The van der Waals surface area contributed by atoms with Crippen LogP contribution in [-0.4, -0.2) is 30.1 Å². The van der Waals surface area contributed by atoms with Crippen molar-refractivity contribution < 1.29 is 0 Å². The fourth-order valence-electron chi connectivity index (χ4n) is 3.05. The predicted octanol–water partition coefficient (Wildman–Crippen LogP) is 4.31. The van der Waals surface area contributed by atoms with E-state index in [0.717, 1.165) is 23.1 Å². The molecule has 0 heterocycles. The van der Waals surface area contributed by atoms with Gasteiger partial charge in [0.1, 0.15) is 0 Å². The summed E-state index contributed by atoms with van der Waals surface area (Å²) in [6.07, 6.45) is 4.12. The first-order valence-electron chi connectivity index (χ1n) is 7.42. The van der Waals surface area contributed by atoms with Crippen molar-refractivity contribution in [2.24, 2.45) is 0 Å². The monoisotopic (exact) mass is 322 g/mol. The summed E-state index contributed by atoms with van der Waals surface area (Å²) < 4.78 is 0. The minimum absolute atomic E-state index is 0.582. The van der Waals surface area contributed by atoms with Gasteiger partial charge >= 0.3 is 0 Å². The zero-order chi connectivity index (χ0) is 15.4. The van der Waals surface area contributed by atoms with E-state index in [-0.39, 0.29) is 0 Å². The van der Waals surface area contributed by atoms with Crippen molar-refractivity contribution >= 4 is 28.9 Å². The van der Waals surface area contributed by atoms with E-state index in [2.05, 4.69) is 35.9 Å². The van der Waals surface area contributed by atoms with Gasteiger partial charge in [-0.25, -0.2) is 0 Å². The molecule has 0 saturated carbocycles. The number of fused-ring (bicyclic) bond motifs is 1. The Hall–Kier alpha value is -1.06. The molecule has 0 saturated heterocycles.